The molecule has 0 bridgehead atoms. The molecule has 9 heteroatoms. The van der Waals surface area contributed by atoms with Crippen molar-refractivity contribution in [1.82, 2.24) is 29.5 Å². The van der Waals surface area contributed by atoms with Gasteiger partial charge in [-0.1, -0.05) is 0 Å². The van der Waals surface area contributed by atoms with Gasteiger partial charge in [-0.3, -0.25) is 14.6 Å². The van der Waals surface area contributed by atoms with Crippen LogP contribution in [0.2, 0.25) is 0 Å². The van der Waals surface area contributed by atoms with Crippen LogP contribution >= 0.6 is 0 Å². The number of nitrogens with zero attached hydrogens (tertiary/aromatic N) is 4. The molecule has 0 saturated heterocycles. The highest BCUT2D eigenvalue weighted by Crippen LogP contribution is 2.25. The molecular formula is C21H23N7O2. The van der Waals surface area contributed by atoms with Gasteiger partial charge in [-0.15, -0.1) is 5.10 Å². The lowest BCUT2D eigenvalue weighted by Gasteiger charge is -2.29. The van der Waals surface area contributed by atoms with E-state index in [1.54, 1.807) is 28.3 Å². The number of aromatic amines is 1. The van der Waals surface area contributed by atoms with E-state index in [0.717, 1.165) is 42.3 Å². The fourth-order valence-corrected chi connectivity index (χ4v) is 4.28. The third-order valence-electron chi connectivity index (χ3n) is 5.71. The van der Waals surface area contributed by atoms with Gasteiger partial charge >= 0.3 is 0 Å². The average molecular weight is 405 g/mol. The maximum atomic E-state index is 12.9. The molecule has 5 rings (SSSR count). The number of anilines is 1. The van der Waals surface area contributed by atoms with Gasteiger partial charge < -0.3 is 10.6 Å². The summed E-state index contributed by atoms with van der Waals surface area (Å²) in [7, 11) is 0. The number of hydrogen-bond acceptors (Lipinski definition) is 5. The van der Waals surface area contributed by atoms with Gasteiger partial charge in [-0.2, -0.15) is 5.10 Å². The lowest BCUT2D eigenvalue weighted by atomic mass is 9.91. The average Bonchev–Trinajstić information content (AvgIpc) is 3.35. The highest BCUT2D eigenvalue weighted by molar-refractivity contribution is 5.82. The van der Waals surface area contributed by atoms with Crippen molar-refractivity contribution in [3.8, 4) is 11.1 Å². The van der Waals surface area contributed by atoms with Gasteiger partial charge in [-0.05, 0) is 55.5 Å². The van der Waals surface area contributed by atoms with Gasteiger partial charge in [0, 0.05) is 43.2 Å². The zero-order valence-electron chi connectivity index (χ0n) is 16.6. The van der Waals surface area contributed by atoms with E-state index >= 15 is 0 Å². The molecule has 1 aliphatic carbocycles. The molecule has 0 atom stereocenters. The van der Waals surface area contributed by atoms with Crippen LogP contribution < -0.4 is 16.2 Å². The Kier molecular flexibility index (Phi) is 4.50. The molecule has 4 aromatic rings. The number of H-pyrrole nitrogens is 1. The molecular weight excluding hydrogens is 382 g/mol. The Morgan fingerprint density at radius 2 is 1.87 bits per heavy atom. The summed E-state index contributed by atoms with van der Waals surface area (Å²) in [5.74, 6) is 0.475. The number of pyridine rings is 1. The maximum Gasteiger partial charge on any atom is 0.277 e. The molecule has 1 saturated carbocycles. The molecule has 9 nitrogen and oxygen atoms in total. The second kappa shape index (κ2) is 7.33. The Morgan fingerprint density at radius 3 is 2.67 bits per heavy atom. The van der Waals surface area contributed by atoms with E-state index in [4.69, 9.17) is 0 Å². The number of aromatic nitrogens is 5. The highest BCUT2D eigenvalue weighted by Gasteiger charge is 2.22. The molecule has 0 unspecified atom stereocenters. The number of nitrogens with one attached hydrogen (secondary N) is 3. The summed E-state index contributed by atoms with van der Waals surface area (Å²) in [6, 6.07) is 8.22. The number of fused-ring (bicyclic) bond motifs is 2. The zero-order chi connectivity index (χ0) is 20.7. The van der Waals surface area contributed by atoms with E-state index in [1.807, 2.05) is 30.5 Å². The van der Waals surface area contributed by atoms with Crippen LogP contribution in [0.15, 0.2) is 47.7 Å². The molecule has 30 heavy (non-hydrogen) atoms. The number of carbonyl (C=O) groups excluding carboxylic acids is 1. The number of hydrogen-bond donors (Lipinski definition) is 3. The van der Waals surface area contributed by atoms with Crippen molar-refractivity contribution in [1.29, 1.82) is 0 Å². The Labute approximate surface area is 172 Å². The highest BCUT2D eigenvalue weighted by atomic mass is 16.1. The monoisotopic (exact) mass is 405 g/mol. The third-order valence-corrected chi connectivity index (χ3v) is 5.71. The predicted molar refractivity (Wildman–Crippen MR) is 113 cm³/mol. The van der Waals surface area contributed by atoms with Crippen LogP contribution in [0.3, 0.4) is 0 Å². The lowest BCUT2D eigenvalue weighted by Crippen LogP contribution is -2.39. The van der Waals surface area contributed by atoms with Gasteiger partial charge in [0.05, 0.1) is 5.52 Å². The zero-order valence-corrected chi connectivity index (χ0v) is 16.6. The summed E-state index contributed by atoms with van der Waals surface area (Å²) in [5, 5.41) is 15.1. The molecule has 1 amide bonds. The minimum atomic E-state index is -0.187. The van der Waals surface area contributed by atoms with Crippen LogP contribution in [0.5, 0.6) is 0 Å². The second-order valence-electron chi connectivity index (χ2n) is 7.83. The van der Waals surface area contributed by atoms with Crippen LogP contribution in [0.4, 0.5) is 5.95 Å². The molecule has 4 aromatic heterocycles. The Morgan fingerprint density at radius 1 is 1.10 bits per heavy atom. The third kappa shape index (κ3) is 3.42. The Bertz CT molecular complexity index is 1280. The summed E-state index contributed by atoms with van der Waals surface area (Å²) in [6.07, 6.45) is 9.07. The molecule has 0 radical (unpaired) electrons. The van der Waals surface area contributed by atoms with Crippen molar-refractivity contribution in [2.75, 3.05) is 5.32 Å². The molecule has 0 spiro atoms. The molecule has 0 aromatic carbocycles. The van der Waals surface area contributed by atoms with E-state index in [-0.39, 0.29) is 23.6 Å². The first-order valence-corrected chi connectivity index (χ1v) is 10.2. The first-order valence-electron chi connectivity index (χ1n) is 10.2. The summed E-state index contributed by atoms with van der Waals surface area (Å²) in [5.41, 5.74) is 3.06. The standard InChI is InChI=1S/C21H23N7O2/c1-13(29)23-15-2-4-16(5-3-15)24-21-25-20(30)19-18(8-11-28(19)26-21)14-7-10-27-17(12-14)6-9-22-27/h6-12,15-16H,2-5H2,1H3,(H,23,29)(H2,24,25,26,30). The summed E-state index contributed by atoms with van der Waals surface area (Å²) < 4.78 is 3.41. The quantitative estimate of drug-likeness (QED) is 0.482. The van der Waals surface area contributed by atoms with Gasteiger partial charge in [0.2, 0.25) is 11.9 Å². The minimum Gasteiger partial charge on any atom is -0.354 e. The van der Waals surface area contributed by atoms with E-state index < -0.39 is 0 Å². The SMILES string of the molecule is CC(=O)NC1CCC(Nc2nn3ccc(-c4ccn5nccc5c4)c3c(=O)[nH]2)CC1. The predicted octanol–water partition coefficient (Wildman–Crippen LogP) is 2.20. The summed E-state index contributed by atoms with van der Waals surface area (Å²) in [4.78, 5) is 27.0. The largest absolute Gasteiger partial charge is 0.354 e. The molecule has 154 valence electrons. The molecule has 1 aliphatic rings. The summed E-state index contributed by atoms with van der Waals surface area (Å²) in [6.45, 7) is 1.55. The normalized spacial score (nSPS) is 19.2. The first kappa shape index (κ1) is 18.4. The number of carbonyl (C=O) groups is 1. The van der Waals surface area contributed by atoms with Gasteiger partial charge in [0.1, 0.15) is 5.52 Å². The maximum absolute atomic E-state index is 12.9. The summed E-state index contributed by atoms with van der Waals surface area (Å²) >= 11 is 0. The first-order chi connectivity index (χ1) is 14.6. The van der Waals surface area contributed by atoms with E-state index in [1.165, 1.54) is 0 Å². The fourth-order valence-electron chi connectivity index (χ4n) is 4.28. The van der Waals surface area contributed by atoms with Crippen LogP contribution in [0.25, 0.3) is 22.2 Å². The van der Waals surface area contributed by atoms with Crippen molar-refractivity contribution >= 4 is 22.9 Å². The van der Waals surface area contributed by atoms with Crippen molar-refractivity contribution in [3.63, 3.8) is 0 Å². The molecule has 4 heterocycles. The molecule has 1 fully saturated rings. The van der Waals surface area contributed by atoms with Crippen LogP contribution in [-0.4, -0.2) is 42.2 Å². The van der Waals surface area contributed by atoms with Crippen molar-refractivity contribution in [3.05, 3.63) is 53.2 Å². The number of amides is 1. The van der Waals surface area contributed by atoms with Crippen LogP contribution in [0, 0.1) is 0 Å². The molecule has 0 aliphatic heterocycles. The Hall–Kier alpha value is -3.62. The smallest absolute Gasteiger partial charge is 0.277 e. The van der Waals surface area contributed by atoms with Crippen molar-refractivity contribution in [2.24, 2.45) is 0 Å². The number of rotatable bonds is 4. The van der Waals surface area contributed by atoms with E-state index in [9.17, 15) is 9.59 Å². The Balaban J connectivity index is 1.38. The van der Waals surface area contributed by atoms with Gasteiger partial charge in [0.25, 0.3) is 5.56 Å². The topological polar surface area (TPSA) is 109 Å². The second-order valence-corrected chi connectivity index (χ2v) is 7.83. The fraction of sp³-hybridized carbons (Fsp3) is 0.333. The minimum absolute atomic E-state index is 0.0126. The van der Waals surface area contributed by atoms with Crippen LogP contribution in [-0.2, 0) is 4.79 Å². The van der Waals surface area contributed by atoms with Crippen molar-refractivity contribution in [2.45, 2.75) is 44.7 Å². The van der Waals surface area contributed by atoms with Crippen LogP contribution in [0.1, 0.15) is 32.6 Å². The lowest BCUT2D eigenvalue weighted by molar-refractivity contribution is -0.119. The molecule has 3 N–H and O–H groups in total. The van der Waals surface area contributed by atoms with Gasteiger partial charge in [-0.25, -0.2) is 9.03 Å². The van der Waals surface area contributed by atoms with Gasteiger partial charge in [0.15, 0.2) is 0 Å². The van der Waals surface area contributed by atoms with E-state index in [0.29, 0.717) is 11.5 Å². The van der Waals surface area contributed by atoms with E-state index in [2.05, 4.69) is 25.8 Å². The van der Waals surface area contributed by atoms with Crippen molar-refractivity contribution < 1.29 is 4.79 Å².